The third-order valence-electron chi connectivity index (χ3n) is 6.12. The van der Waals surface area contributed by atoms with E-state index < -0.39 is 0 Å². The molecule has 0 atom stereocenters. The second-order valence-electron chi connectivity index (χ2n) is 8.51. The van der Waals surface area contributed by atoms with E-state index in [1.807, 2.05) is 17.9 Å². The van der Waals surface area contributed by atoms with Gasteiger partial charge >= 0.3 is 0 Å². The van der Waals surface area contributed by atoms with Crippen molar-refractivity contribution >= 4 is 5.91 Å². The summed E-state index contributed by atoms with van der Waals surface area (Å²) in [6.45, 7) is 11.2. The predicted octanol–water partition coefficient (Wildman–Crippen LogP) is 3.51. The van der Waals surface area contributed by atoms with Crippen molar-refractivity contribution < 1.29 is 9.53 Å². The lowest BCUT2D eigenvalue weighted by molar-refractivity contribution is 0.0732. The topological polar surface area (TPSA) is 81.0 Å². The minimum Gasteiger partial charge on any atom is -0.385 e. The fourth-order valence-corrected chi connectivity index (χ4v) is 4.53. The summed E-state index contributed by atoms with van der Waals surface area (Å²) in [5.74, 6) is 0.834. The molecule has 1 N–H and O–H groups in total. The van der Waals surface area contributed by atoms with Crippen molar-refractivity contribution in [1.29, 1.82) is 0 Å². The minimum atomic E-state index is 0.0828. The molecule has 3 aromatic rings. The van der Waals surface area contributed by atoms with Crippen molar-refractivity contribution in [3.63, 3.8) is 0 Å². The number of hydrogen-bond acceptors (Lipinski definition) is 4. The summed E-state index contributed by atoms with van der Waals surface area (Å²) in [4.78, 5) is 23.0. The Morgan fingerprint density at radius 2 is 2.13 bits per heavy atom. The SMILES string of the molecule is COCCCn1c(C)cc(C(=O)N2CCc3c(c(-c4ncc[nH]4)nn3C(C)C)C2)c1C. The number of rotatable bonds is 7. The van der Waals surface area contributed by atoms with Gasteiger partial charge in [0.2, 0.25) is 0 Å². The molecular weight excluding hydrogens is 392 g/mol. The third kappa shape index (κ3) is 3.92. The number of aromatic nitrogens is 5. The number of amides is 1. The van der Waals surface area contributed by atoms with Gasteiger partial charge in [-0.1, -0.05) is 0 Å². The van der Waals surface area contributed by atoms with Gasteiger partial charge in [-0.3, -0.25) is 9.48 Å². The third-order valence-corrected chi connectivity index (χ3v) is 6.12. The van der Waals surface area contributed by atoms with Crippen molar-refractivity contribution in [3.8, 4) is 11.5 Å². The van der Waals surface area contributed by atoms with Gasteiger partial charge in [-0.25, -0.2) is 4.98 Å². The summed E-state index contributed by atoms with van der Waals surface area (Å²) >= 11 is 0. The Kier molecular flexibility index (Phi) is 6.00. The number of aromatic amines is 1. The number of carbonyl (C=O) groups excluding carboxylic acids is 1. The largest absolute Gasteiger partial charge is 0.385 e. The molecule has 0 spiro atoms. The first-order valence-electron chi connectivity index (χ1n) is 11.0. The van der Waals surface area contributed by atoms with Crippen molar-refractivity contribution in [2.45, 2.75) is 59.7 Å². The van der Waals surface area contributed by atoms with Crippen LogP contribution in [-0.4, -0.2) is 55.4 Å². The molecule has 31 heavy (non-hydrogen) atoms. The van der Waals surface area contributed by atoms with Gasteiger partial charge in [-0.05, 0) is 40.2 Å². The molecule has 0 radical (unpaired) electrons. The smallest absolute Gasteiger partial charge is 0.255 e. The van der Waals surface area contributed by atoms with Gasteiger partial charge in [0.15, 0.2) is 5.82 Å². The van der Waals surface area contributed by atoms with Crippen LogP contribution in [0.1, 0.15) is 59.3 Å². The van der Waals surface area contributed by atoms with E-state index >= 15 is 0 Å². The maximum atomic E-state index is 13.5. The zero-order chi connectivity index (χ0) is 22.1. The van der Waals surface area contributed by atoms with E-state index in [0.717, 1.165) is 53.4 Å². The highest BCUT2D eigenvalue weighted by molar-refractivity contribution is 5.96. The number of nitrogens with zero attached hydrogens (tertiary/aromatic N) is 5. The van der Waals surface area contributed by atoms with E-state index in [4.69, 9.17) is 9.84 Å². The molecule has 4 rings (SSSR count). The lowest BCUT2D eigenvalue weighted by Gasteiger charge is -2.28. The average Bonchev–Trinajstić information content (AvgIpc) is 3.46. The minimum absolute atomic E-state index is 0.0828. The van der Waals surface area contributed by atoms with Gasteiger partial charge in [0.25, 0.3) is 5.91 Å². The molecule has 0 bridgehead atoms. The highest BCUT2D eigenvalue weighted by atomic mass is 16.5. The fraction of sp³-hybridized carbons (Fsp3) is 0.522. The Labute approximate surface area is 183 Å². The van der Waals surface area contributed by atoms with Crippen LogP contribution in [0.2, 0.25) is 0 Å². The molecule has 0 fully saturated rings. The van der Waals surface area contributed by atoms with E-state index in [1.165, 1.54) is 5.69 Å². The van der Waals surface area contributed by atoms with Crippen LogP contribution < -0.4 is 0 Å². The fourth-order valence-electron chi connectivity index (χ4n) is 4.53. The van der Waals surface area contributed by atoms with Gasteiger partial charge in [0, 0.05) is 74.3 Å². The molecule has 0 saturated heterocycles. The van der Waals surface area contributed by atoms with Crippen LogP contribution in [0.25, 0.3) is 11.5 Å². The maximum Gasteiger partial charge on any atom is 0.255 e. The number of fused-ring (bicyclic) bond motifs is 1. The van der Waals surface area contributed by atoms with Crippen LogP contribution >= 0.6 is 0 Å². The second-order valence-corrected chi connectivity index (χ2v) is 8.51. The Morgan fingerprint density at radius 1 is 1.32 bits per heavy atom. The Balaban J connectivity index is 1.62. The van der Waals surface area contributed by atoms with Crippen molar-refractivity contribution in [2.75, 3.05) is 20.3 Å². The first kappa shape index (κ1) is 21.4. The first-order valence-corrected chi connectivity index (χ1v) is 11.0. The number of nitrogens with one attached hydrogen (secondary N) is 1. The van der Waals surface area contributed by atoms with Crippen LogP contribution in [0.15, 0.2) is 18.5 Å². The molecule has 0 aromatic carbocycles. The van der Waals surface area contributed by atoms with E-state index in [1.54, 1.807) is 19.5 Å². The Morgan fingerprint density at radius 3 is 2.81 bits per heavy atom. The normalized spacial score (nSPS) is 13.8. The number of hydrogen-bond donors (Lipinski definition) is 1. The molecule has 8 heteroatoms. The molecular formula is C23H32N6O2. The lowest BCUT2D eigenvalue weighted by Crippen LogP contribution is -2.36. The molecule has 1 aliphatic heterocycles. The van der Waals surface area contributed by atoms with E-state index in [9.17, 15) is 4.79 Å². The molecule has 4 heterocycles. The molecule has 166 valence electrons. The van der Waals surface area contributed by atoms with Crippen LogP contribution in [0.5, 0.6) is 0 Å². The standard InChI is InChI=1S/C23H32N6O2/c1-15(2)29-20-7-11-27(14-19(20)21(26-29)22-24-8-9-25-22)23(30)18-13-16(3)28(17(18)4)10-6-12-31-5/h8-9,13,15H,6-7,10-12,14H2,1-5H3,(H,24,25). The number of aryl methyl sites for hydroxylation is 1. The van der Waals surface area contributed by atoms with E-state index in [2.05, 4.69) is 40.0 Å². The highest BCUT2D eigenvalue weighted by Gasteiger charge is 2.31. The molecule has 1 amide bonds. The van der Waals surface area contributed by atoms with Crippen LogP contribution in [0.3, 0.4) is 0 Å². The Bertz CT molecular complexity index is 1060. The van der Waals surface area contributed by atoms with E-state index in [0.29, 0.717) is 19.7 Å². The molecule has 0 saturated carbocycles. The summed E-state index contributed by atoms with van der Waals surface area (Å²) in [6.07, 6.45) is 5.26. The Hall–Kier alpha value is -2.87. The summed E-state index contributed by atoms with van der Waals surface area (Å²) < 4.78 is 9.48. The van der Waals surface area contributed by atoms with Gasteiger partial charge in [0.05, 0.1) is 12.1 Å². The number of methoxy groups -OCH3 is 1. The number of ether oxygens (including phenoxy) is 1. The summed E-state index contributed by atoms with van der Waals surface area (Å²) in [7, 11) is 1.72. The average molecular weight is 425 g/mol. The van der Waals surface area contributed by atoms with Gasteiger partial charge < -0.3 is 19.2 Å². The number of carbonyl (C=O) groups is 1. The quantitative estimate of drug-likeness (QED) is 0.589. The van der Waals surface area contributed by atoms with Crippen molar-refractivity contribution in [1.82, 2.24) is 29.2 Å². The molecule has 3 aromatic heterocycles. The van der Waals surface area contributed by atoms with Crippen molar-refractivity contribution in [2.24, 2.45) is 0 Å². The van der Waals surface area contributed by atoms with E-state index in [-0.39, 0.29) is 11.9 Å². The van der Waals surface area contributed by atoms with Gasteiger partial charge in [-0.2, -0.15) is 5.10 Å². The monoisotopic (exact) mass is 424 g/mol. The molecule has 8 nitrogen and oxygen atoms in total. The molecule has 0 unspecified atom stereocenters. The van der Waals surface area contributed by atoms with Gasteiger partial charge in [0.1, 0.15) is 5.69 Å². The molecule has 1 aliphatic rings. The number of imidazole rings is 1. The number of H-pyrrole nitrogens is 1. The zero-order valence-electron chi connectivity index (χ0n) is 19.1. The first-order chi connectivity index (χ1) is 14.9. The summed E-state index contributed by atoms with van der Waals surface area (Å²) in [5.41, 5.74) is 6.06. The van der Waals surface area contributed by atoms with Crippen LogP contribution in [0.4, 0.5) is 0 Å². The summed E-state index contributed by atoms with van der Waals surface area (Å²) in [5, 5.41) is 4.85. The lowest BCUT2D eigenvalue weighted by atomic mass is 10.0. The predicted molar refractivity (Wildman–Crippen MR) is 119 cm³/mol. The maximum absolute atomic E-state index is 13.5. The second kappa shape index (κ2) is 8.70. The summed E-state index contributed by atoms with van der Waals surface area (Å²) in [6, 6.07) is 2.27. The molecule has 0 aliphatic carbocycles. The van der Waals surface area contributed by atoms with Crippen LogP contribution in [0, 0.1) is 13.8 Å². The van der Waals surface area contributed by atoms with Gasteiger partial charge in [-0.15, -0.1) is 0 Å². The zero-order valence-corrected chi connectivity index (χ0v) is 19.1. The van der Waals surface area contributed by atoms with Crippen molar-refractivity contribution in [3.05, 3.63) is 46.7 Å². The highest BCUT2D eigenvalue weighted by Crippen LogP contribution is 2.31. The van der Waals surface area contributed by atoms with Crippen LogP contribution in [-0.2, 0) is 24.2 Å².